The van der Waals surface area contributed by atoms with Crippen molar-refractivity contribution in [3.8, 4) is 0 Å². The van der Waals surface area contributed by atoms with Crippen molar-refractivity contribution >= 4 is 5.91 Å². The summed E-state index contributed by atoms with van der Waals surface area (Å²) < 4.78 is 5.25. The largest absolute Gasteiger partial charge is 0.368 e. The van der Waals surface area contributed by atoms with Crippen molar-refractivity contribution < 1.29 is 9.53 Å². The number of carbonyl (C=O) groups is 1. The first-order chi connectivity index (χ1) is 5.49. The Morgan fingerprint density at radius 3 is 2.58 bits per heavy atom. The Kier molecular flexibility index (Phi) is 2.73. The van der Waals surface area contributed by atoms with Gasteiger partial charge >= 0.3 is 0 Å². The van der Waals surface area contributed by atoms with Gasteiger partial charge in [0.15, 0.2) is 0 Å². The van der Waals surface area contributed by atoms with Gasteiger partial charge in [0.1, 0.15) is 6.10 Å². The Bertz CT molecular complexity index is 166. The first-order valence-electron chi connectivity index (χ1n) is 4.43. The van der Waals surface area contributed by atoms with Crippen LogP contribution < -0.4 is 5.32 Å². The molecule has 1 saturated heterocycles. The molecule has 1 atom stereocenters. The second-order valence-electron chi connectivity index (χ2n) is 4.24. The number of rotatable bonds is 1. The van der Waals surface area contributed by atoms with Crippen molar-refractivity contribution in [2.75, 3.05) is 6.61 Å². The molecule has 3 nitrogen and oxygen atoms in total. The Hall–Kier alpha value is -0.570. The number of carbonyl (C=O) groups excluding carboxylic acids is 1. The van der Waals surface area contributed by atoms with Crippen LogP contribution in [0.3, 0.4) is 0 Å². The minimum absolute atomic E-state index is 0.0278. The molecular formula is C9H17NO2. The van der Waals surface area contributed by atoms with Gasteiger partial charge in [0.2, 0.25) is 5.91 Å². The summed E-state index contributed by atoms with van der Waals surface area (Å²) in [4.78, 5) is 11.4. The van der Waals surface area contributed by atoms with Crippen molar-refractivity contribution in [1.82, 2.24) is 5.32 Å². The molecule has 0 spiro atoms. The first kappa shape index (κ1) is 9.52. The van der Waals surface area contributed by atoms with Crippen LogP contribution in [0.2, 0.25) is 0 Å². The van der Waals surface area contributed by atoms with Crippen LogP contribution in [0.15, 0.2) is 0 Å². The highest BCUT2D eigenvalue weighted by Gasteiger charge is 2.26. The lowest BCUT2D eigenvalue weighted by atomic mass is 10.1. The van der Waals surface area contributed by atoms with E-state index in [9.17, 15) is 4.79 Å². The van der Waals surface area contributed by atoms with Crippen molar-refractivity contribution in [2.45, 2.75) is 45.3 Å². The highest BCUT2D eigenvalue weighted by atomic mass is 16.5. The molecule has 12 heavy (non-hydrogen) atoms. The smallest absolute Gasteiger partial charge is 0.249 e. The van der Waals surface area contributed by atoms with Gasteiger partial charge in [-0.2, -0.15) is 0 Å². The van der Waals surface area contributed by atoms with Gasteiger partial charge in [-0.1, -0.05) is 0 Å². The SMILES string of the molecule is CC(C)(C)NC(=O)[C@@H]1CCCO1. The normalized spacial score (nSPS) is 24.1. The fourth-order valence-electron chi connectivity index (χ4n) is 1.23. The highest BCUT2D eigenvalue weighted by molar-refractivity contribution is 5.81. The molecule has 1 amide bonds. The molecule has 1 heterocycles. The molecule has 0 aromatic rings. The molecule has 3 heteroatoms. The van der Waals surface area contributed by atoms with Crippen molar-refractivity contribution in [3.63, 3.8) is 0 Å². The molecule has 1 rings (SSSR count). The van der Waals surface area contributed by atoms with Crippen LogP contribution in [0.25, 0.3) is 0 Å². The predicted molar refractivity (Wildman–Crippen MR) is 46.9 cm³/mol. The molecule has 0 bridgehead atoms. The third-order valence-electron chi connectivity index (χ3n) is 1.72. The summed E-state index contributed by atoms with van der Waals surface area (Å²) in [6.07, 6.45) is 1.66. The van der Waals surface area contributed by atoms with Gasteiger partial charge in [-0.3, -0.25) is 4.79 Å². The topological polar surface area (TPSA) is 38.3 Å². The summed E-state index contributed by atoms with van der Waals surface area (Å²) in [5.41, 5.74) is -0.150. The van der Waals surface area contributed by atoms with E-state index in [0.717, 1.165) is 19.4 Å². The first-order valence-corrected chi connectivity index (χ1v) is 4.43. The predicted octanol–water partition coefficient (Wildman–Crippen LogP) is 1.08. The number of hydrogen-bond acceptors (Lipinski definition) is 2. The lowest BCUT2D eigenvalue weighted by Gasteiger charge is -2.22. The molecule has 0 aliphatic carbocycles. The number of hydrogen-bond donors (Lipinski definition) is 1. The van der Waals surface area contributed by atoms with Gasteiger partial charge in [0, 0.05) is 12.1 Å². The third kappa shape index (κ3) is 2.81. The van der Waals surface area contributed by atoms with E-state index in [1.807, 2.05) is 20.8 Å². The van der Waals surface area contributed by atoms with E-state index in [0.29, 0.717) is 0 Å². The van der Waals surface area contributed by atoms with E-state index in [4.69, 9.17) is 4.74 Å². The Morgan fingerprint density at radius 2 is 2.17 bits per heavy atom. The zero-order valence-corrected chi connectivity index (χ0v) is 8.02. The summed E-state index contributed by atoms with van der Waals surface area (Å²) in [5, 5.41) is 2.90. The molecule has 1 aliphatic heterocycles. The molecule has 0 aromatic carbocycles. The van der Waals surface area contributed by atoms with Gasteiger partial charge in [-0.15, -0.1) is 0 Å². The van der Waals surface area contributed by atoms with Gasteiger partial charge in [0.25, 0.3) is 0 Å². The van der Waals surface area contributed by atoms with Crippen LogP contribution in [0.5, 0.6) is 0 Å². The quantitative estimate of drug-likeness (QED) is 0.641. The second kappa shape index (κ2) is 3.44. The summed E-state index contributed by atoms with van der Waals surface area (Å²) in [7, 11) is 0. The Morgan fingerprint density at radius 1 is 1.50 bits per heavy atom. The minimum atomic E-state index is -0.204. The van der Waals surface area contributed by atoms with E-state index < -0.39 is 0 Å². The zero-order valence-electron chi connectivity index (χ0n) is 8.02. The van der Waals surface area contributed by atoms with Gasteiger partial charge in [-0.25, -0.2) is 0 Å². The molecule has 1 aliphatic rings. The Balaban J connectivity index is 2.37. The number of ether oxygens (including phenoxy) is 1. The number of nitrogens with one attached hydrogen (secondary N) is 1. The van der Waals surface area contributed by atoms with E-state index in [2.05, 4.69) is 5.32 Å². The third-order valence-corrected chi connectivity index (χ3v) is 1.72. The van der Waals surface area contributed by atoms with Crippen LogP contribution in [0.4, 0.5) is 0 Å². The van der Waals surface area contributed by atoms with Gasteiger partial charge in [0.05, 0.1) is 0 Å². The lowest BCUT2D eigenvalue weighted by molar-refractivity contribution is -0.131. The average Bonchev–Trinajstić information content (AvgIpc) is 2.32. The van der Waals surface area contributed by atoms with Crippen molar-refractivity contribution in [3.05, 3.63) is 0 Å². The van der Waals surface area contributed by atoms with Crippen LogP contribution in [0, 0.1) is 0 Å². The van der Waals surface area contributed by atoms with E-state index in [1.165, 1.54) is 0 Å². The highest BCUT2D eigenvalue weighted by Crippen LogP contribution is 2.13. The fourth-order valence-corrected chi connectivity index (χ4v) is 1.23. The van der Waals surface area contributed by atoms with Crippen LogP contribution >= 0.6 is 0 Å². The van der Waals surface area contributed by atoms with Crippen LogP contribution in [0.1, 0.15) is 33.6 Å². The molecule has 1 fully saturated rings. The summed E-state index contributed by atoms with van der Waals surface area (Å²) >= 11 is 0. The molecule has 0 unspecified atom stereocenters. The van der Waals surface area contributed by atoms with Gasteiger partial charge in [-0.05, 0) is 33.6 Å². The molecule has 70 valence electrons. The zero-order chi connectivity index (χ0) is 9.19. The molecule has 1 N–H and O–H groups in total. The second-order valence-corrected chi connectivity index (χ2v) is 4.24. The monoisotopic (exact) mass is 171 g/mol. The lowest BCUT2D eigenvalue weighted by Crippen LogP contribution is -2.45. The summed E-state index contributed by atoms with van der Waals surface area (Å²) in [6.45, 7) is 6.64. The van der Waals surface area contributed by atoms with Crippen molar-refractivity contribution in [1.29, 1.82) is 0 Å². The fraction of sp³-hybridized carbons (Fsp3) is 0.889. The standard InChI is InChI=1S/C9H17NO2/c1-9(2,3)10-8(11)7-5-4-6-12-7/h7H,4-6H2,1-3H3,(H,10,11)/t7-/m0/s1. The van der Waals surface area contributed by atoms with Crippen LogP contribution in [-0.4, -0.2) is 24.2 Å². The van der Waals surface area contributed by atoms with E-state index in [-0.39, 0.29) is 17.6 Å². The maximum Gasteiger partial charge on any atom is 0.249 e. The maximum absolute atomic E-state index is 11.4. The molecule has 0 aromatic heterocycles. The summed E-state index contributed by atoms with van der Waals surface area (Å²) in [5.74, 6) is 0.0278. The number of amides is 1. The maximum atomic E-state index is 11.4. The molecular weight excluding hydrogens is 154 g/mol. The average molecular weight is 171 g/mol. The van der Waals surface area contributed by atoms with Crippen LogP contribution in [-0.2, 0) is 9.53 Å². The van der Waals surface area contributed by atoms with Gasteiger partial charge < -0.3 is 10.1 Å². The van der Waals surface area contributed by atoms with E-state index in [1.54, 1.807) is 0 Å². The molecule has 0 radical (unpaired) electrons. The van der Waals surface area contributed by atoms with E-state index >= 15 is 0 Å². The van der Waals surface area contributed by atoms with Crippen molar-refractivity contribution in [2.24, 2.45) is 0 Å². The summed E-state index contributed by atoms with van der Waals surface area (Å²) in [6, 6.07) is 0. The minimum Gasteiger partial charge on any atom is -0.368 e. The molecule has 0 saturated carbocycles. The Labute approximate surface area is 73.5 Å².